The lowest BCUT2D eigenvalue weighted by Crippen LogP contribution is -2.58. The van der Waals surface area contributed by atoms with E-state index in [1.165, 1.54) is 30.4 Å². The number of hydrogen-bond acceptors (Lipinski definition) is 7. The molecular formula is C22H28FN5O2S. The van der Waals surface area contributed by atoms with Crippen molar-refractivity contribution in [3.8, 4) is 10.7 Å². The molecule has 1 amide bonds. The van der Waals surface area contributed by atoms with Crippen molar-refractivity contribution in [2.45, 2.75) is 32.2 Å². The fraction of sp³-hybridized carbons (Fsp3) is 0.591. The molecule has 5 rings (SSSR count). The first kappa shape index (κ1) is 20.6. The molecule has 0 radical (unpaired) electrons. The lowest BCUT2D eigenvalue weighted by molar-refractivity contribution is -0.00294. The Kier molecular flexibility index (Phi) is 5.56. The third kappa shape index (κ3) is 4.01. The number of pyridine rings is 1. The first-order chi connectivity index (χ1) is 15.1. The molecule has 0 aromatic carbocycles. The lowest BCUT2D eigenvalue weighted by Gasteiger charge is -2.48. The molecule has 31 heavy (non-hydrogen) atoms. The zero-order chi connectivity index (χ0) is 21.4. The summed E-state index contributed by atoms with van der Waals surface area (Å²) in [5.41, 5.74) is 1.87. The van der Waals surface area contributed by atoms with Crippen LogP contribution in [0.15, 0.2) is 23.8 Å². The van der Waals surface area contributed by atoms with Crippen molar-refractivity contribution >= 4 is 23.1 Å². The topological polar surface area (TPSA) is 61.8 Å². The van der Waals surface area contributed by atoms with E-state index in [9.17, 15) is 9.18 Å². The summed E-state index contributed by atoms with van der Waals surface area (Å²) in [6.45, 7) is 7.54. The number of carbonyl (C=O) groups is 1. The first-order valence-corrected chi connectivity index (χ1v) is 11.9. The summed E-state index contributed by atoms with van der Waals surface area (Å²) in [5.74, 6) is -0.313. The van der Waals surface area contributed by atoms with Crippen LogP contribution >= 0.6 is 11.3 Å². The number of halogens is 1. The van der Waals surface area contributed by atoms with Crippen LogP contribution < -0.4 is 4.90 Å². The fourth-order valence-electron chi connectivity index (χ4n) is 5.39. The number of amides is 1. The quantitative estimate of drug-likeness (QED) is 0.718. The number of thiazole rings is 1. The highest BCUT2D eigenvalue weighted by molar-refractivity contribution is 7.13. The minimum atomic E-state index is -0.313. The van der Waals surface area contributed by atoms with E-state index in [0.717, 1.165) is 62.1 Å². The summed E-state index contributed by atoms with van der Waals surface area (Å²) < 4.78 is 19.1. The van der Waals surface area contributed by atoms with Crippen LogP contribution in [-0.2, 0) is 4.74 Å². The van der Waals surface area contributed by atoms with Crippen LogP contribution in [0.5, 0.6) is 0 Å². The Bertz CT molecular complexity index is 926. The zero-order valence-electron chi connectivity index (χ0n) is 17.8. The molecule has 2 saturated heterocycles. The molecule has 3 fully saturated rings. The SMILES string of the molecule is CCOC(=O)N1CC2(CC[C@@H](N3CCN(c4cc(F)cnc4-c4nccs4)CC3)C2)C1. The Hall–Kier alpha value is -2.26. The van der Waals surface area contributed by atoms with E-state index in [0.29, 0.717) is 12.6 Å². The Morgan fingerprint density at radius 1 is 1.29 bits per heavy atom. The fourth-order valence-corrected chi connectivity index (χ4v) is 6.03. The predicted molar refractivity (Wildman–Crippen MR) is 118 cm³/mol. The maximum Gasteiger partial charge on any atom is 0.409 e. The van der Waals surface area contributed by atoms with Gasteiger partial charge in [-0.2, -0.15) is 0 Å². The maximum atomic E-state index is 14.0. The van der Waals surface area contributed by atoms with Gasteiger partial charge in [0.05, 0.1) is 18.5 Å². The second kappa shape index (κ2) is 8.35. The van der Waals surface area contributed by atoms with Gasteiger partial charge >= 0.3 is 6.09 Å². The monoisotopic (exact) mass is 445 g/mol. The standard InChI is InChI=1S/C22H28FN5O2S/c1-2-30-21(29)28-14-22(15-28)4-3-17(12-22)26-6-8-27(9-7-26)18-11-16(23)13-25-19(18)20-24-5-10-31-20/h5,10-11,13,17H,2-4,6-9,12,14-15H2,1H3/t17-/m1/s1. The van der Waals surface area contributed by atoms with E-state index in [1.807, 2.05) is 17.2 Å². The van der Waals surface area contributed by atoms with Crippen LogP contribution in [0.1, 0.15) is 26.2 Å². The van der Waals surface area contributed by atoms with Gasteiger partial charge in [0.2, 0.25) is 0 Å². The molecule has 2 aliphatic heterocycles. The molecule has 4 heterocycles. The van der Waals surface area contributed by atoms with Crippen LogP contribution in [0.2, 0.25) is 0 Å². The van der Waals surface area contributed by atoms with Gasteiger partial charge in [0.15, 0.2) is 0 Å². The highest BCUT2D eigenvalue weighted by Crippen LogP contribution is 2.47. The smallest absolute Gasteiger partial charge is 0.409 e. The van der Waals surface area contributed by atoms with Gasteiger partial charge in [-0.15, -0.1) is 11.3 Å². The molecular weight excluding hydrogens is 417 g/mol. The van der Waals surface area contributed by atoms with Gasteiger partial charge in [0.25, 0.3) is 0 Å². The third-order valence-electron chi connectivity index (χ3n) is 6.90. The van der Waals surface area contributed by atoms with Crippen LogP contribution in [0, 0.1) is 11.2 Å². The number of anilines is 1. The summed E-state index contributed by atoms with van der Waals surface area (Å²) in [4.78, 5) is 27.3. The molecule has 3 aliphatic rings. The molecule has 2 aromatic heterocycles. The number of ether oxygens (including phenoxy) is 1. The highest BCUT2D eigenvalue weighted by Gasteiger charge is 2.51. The van der Waals surface area contributed by atoms with Gasteiger partial charge in [-0.3, -0.25) is 4.90 Å². The number of carbonyl (C=O) groups excluding carboxylic acids is 1. The van der Waals surface area contributed by atoms with Crippen molar-refractivity contribution in [2.24, 2.45) is 5.41 Å². The zero-order valence-corrected chi connectivity index (χ0v) is 18.6. The average molecular weight is 446 g/mol. The second-order valence-electron chi connectivity index (χ2n) is 8.83. The van der Waals surface area contributed by atoms with Crippen molar-refractivity contribution in [3.05, 3.63) is 29.7 Å². The number of piperazine rings is 1. The molecule has 1 aliphatic carbocycles. The van der Waals surface area contributed by atoms with E-state index in [4.69, 9.17) is 4.74 Å². The first-order valence-electron chi connectivity index (χ1n) is 11.0. The summed E-state index contributed by atoms with van der Waals surface area (Å²) in [7, 11) is 0. The Morgan fingerprint density at radius 2 is 2.10 bits per heavy atom. The highest BCUT2D eigenvalue weighted by atomic mass is 32.1. The molecule has 166 valence electrons. The number of hydrogen-bond donors (Lipinski definition) is 0. The maximum absolute atomic E-state index is 14.0. The molecule has 9 heteroatoms. The summed E-state index contributed by atoms with van der Waals surface area (Å²) >= 11 is 1.52. The van der Waals surface area contributed by atoms with Gasteiger partial charge in [0, 0.05) is 68.4 Å². The Balaban J connectivity index is 1.19. The molecule has 1 atom stereocenters. The van der Waals surface area contributed by atoms with Gasteiger partial charge < -0.3 is 14.5 Å². The van der Waals surface area contributed by atoms with Crippen LogP contribution in [-0.4, -0.2) is 77.8 Å². The largest absolute Gasteiger partial charge is 0.450 e. The molecule has 7 nitrogen and oxygen atoms in total. The number of aromatic nitrogens is 2. The van der Waals surface area contributed by atoms with E-state index in [1.54, 1.807) is 12.3 Å². The van der Waals surface area contributed by atoms with Gasteiger partial charge in [-0.1, -0.05) is 0 Å². The average Bonchev–Trinajstić information content (AvgIpc) is 3.43. The third-order valence-corrected chi connectivity index (χ3v) is 7.68. The van der Waals surface area contributed by atoms with Crippen molar-refractivity contribution in [3.63, 3.8) is 0 Å². The lowest BCUT2D eigenvalue weighted by atomic mass is 9.78. The summed E-state index contributed by atoms with van der Waals surface area (Å²) in [6, 6.07) is 2.15. The van der Waals surface area contributed by atoms with Gasteiger partial charge in [-0.05, 0) is 26.2 Å². The van der Waals surface area contributed by atoms with Crippen molar-refractivity contribution < 1.29 is 13.9 Å². The van der Waals surface area contributed by atoms with Gasteiger partial charge in [-0.25, -0.2) is 19.2 Å². The van der Waals surface area contributed by atoms with Crippen LogP contribution in [0.3, 0.4) is 0 Å². The normalized spacial score (nSPS) is 23.2. The molecule has 1 spiro atoms. The van der Waals surface area contributed by atoms with E-state index < -0.39 is 0 Å². The van der Waals surface area contributed by atoms with Crippen molar-refractivity contribution in [2.75, 3.05) is 50.8 Å². The van der Waals surface area contributed by atoms with Crippen LogP contribution in [0.4, 0.5) is 14.9 Å². The summed E-state index contributed by atoms with van der Waals surface area (Å²) in [5, 5.41) is 2.74. The second-order valence-corrected chi connectivity index (χ2v) is 9.73. The van der Waals surface area contributed by atoms with Crippen molar-refractivity contribution in [1.29, 1.82) is 0 Å². The minimum absolute atomic E-state index is 0.176. The Labute approximate surface area is 185 Å². The predicted octanol–water partition coefficient (Wildman–Crippen LogP) is 3.48. The van der Waals surface area contributed by atoms with Crippen LogP contribution in [0.25, 0.3) is 10.7 Å². The van der Waals surface area contributed by atoms with Crippen molar-refractivity contribution in [1.82, 2.24) is 19.8 Å². The van der Waals surface area contributed by atoms with E-state index in [2.05, 4.69) is 19.8 Å². The summed E-state index contributed by atoms with van der Waals surface area (Å²) in [6.07, 6.45) is 6.36. The number of nitrogens with zero attached hydrogens (tertiary/aromatic N) is 5. The molecule has 1 saturated carbocycles. The number of likely N-dealkylation sites (tertiary alicyclic amines) is 1. The number of rotatable bonds is 4. The molecule has 2 aromatic rings. The minimum Gasteiger partial charge on any atom is -0.450 e. The molecule has 0 unspecified atom stereocenters. The molecule has 0 bridgehead atoms. The van der Waals surface area contributed by atoms with Gasteiger partial charge in [0.1, 0.15) is 16.5 Å². The van der Waals surface area contributed by atoms with E-state index >= 15 is 0 Å². The molecule has 0 N–H and O–H groups in total. The van der Waals surface area contributed by atoms with E-state index in [-0.39, 0.29) is 17.3 Å². The Morgan fingerprint density at radius 3 is 2.81 bits per heavy atom.